The van der Waals surface area contributed by atoms with Crippen molar-refractivity contribution in [2.45, 2.75) is 0 Å². The quantitative estimate of drug-likeness (QED) is 0.160. The fourth-order valence-electron chi connectivity index (χ4n) is 8.58. The van der Waals surface area contributed by atoms with E-state index in [9.17, 15) is 0 Å². The molecule has 2 heteroatoms. The van der Waals surface area contributed by atoms with E-state index in [2.05, 4.69) is 205 Å². The van der Waals surface area contributed by atoms with Crippen LogP contribution in [-0.4, -0.2) is 0 Å². The summed E-state index contributed by atoms with van der Waals surface area (Å²) in [5.74, 6) is 0. The average Bonchev–Trinajstić information content (AvgIpc) is 3.66. The Morgan fingerprint density at radius 2 is 0.875 bits per heavy atom. The van der Waals surface area contributed by atoms with E-state index >= 15 is 0 Å². The second kappa shape index (κ2) is 13.2. The number of para-hydroxylation sites is 2. The fraction of sp³-hybridized carbons (Fsp3) is 0. The summed E-state index contributed by atoms with van der Waals surface area (Å²) in [4.78, 5) is 2.40. The van der Waals surface area contributed by atoms with Crippen molar-refractivity contribution in [2.24, 2.45) is 0 Å². The number of anilines is 3. The molecule has 0 atom stereocenters. The van der Waals surface area contributed by atoms with Gasteiger partial charge in [0.05, 0.1) is 5.69 Å². The van der Waals surface area contributed by atoms with Crippen molar-refractivity contribution in [1.82, 2.24) is 0 Å². The third kappa shape index (κ3) is 5.34. The summed E-state index contributed by atoms with van der Waals surface area (Å²) in [6.07, 6.45) is 0. The molecule has 0 amide bonds. The Balaban J connectivity index is 1.08. The maximum Gasteiger partial charge on any atom is 0.136 e. The minimum absolute atomic E-state index is 0.900. The molecule has 56 heavy (non-hydrogen) atoms. The molecule has 11 aromatic rings. The first-order chi connectivity index (χ1) is 27.8. The van der Waals surface area contributed by atoms with Crippen LogP contribution in [0.25, 0.3) is 87.6 Å². The number of hydrogen-bond acceptors (Lipinski definition) is 2. The predicted molar refractivity (Wildman–Crippen MR) is 237 cm³/mol. The van der Waals surface area contributed by atoms with Crippen molar-refractivity contribution in [2.75, 3.05) is 4.90 Å². The third-order valence-electron chi connectivity index (χ3n) is 11.3. The highest BCUT2D eigenvalue weighted by molar-refractivity contribution is 6.15. The zero-order valence-electron chi connectivity index (χ0n) is 30.6. The van der Waals surface area contributed by atoms with E-state index in [1.165, 1.54) is 54.6 Å². The van der Waals surface area contributed by atoms with Crippen LogP contribution in [0, 0.1) is 0 Å². The zero-order valence-corrected chi connectivity index (χ0v) is 30.6. The van der Waals surface area contributed by atoms with Crippen LogP contribution in [0.1, 0.15) is 0 Å². The molecule has 0 aliphatic heterocycles. The van der Waals surface area contributed by atoms with Gasteiger partial charge in [0.25, 0.3) is 0 Å². The molecule has 0 saturated heterocycles. The summed E-state index contributed by atoms with van der Waals surface area (Å²) >= 11 is 0. The summed E-state index contributed by atoms with van der Waals surface area (Å²) in [6, 6.07) is 76.6. The number of nitrogens with zero attached hydrogens (tertiary/aromatic N) is 1. The van der Waals surface area contributed by atoms with Crippen molar-refractivity contribution in [1.29, 1.82) is 0 Å². The van der Waals surface area contributed by atoms with Crippen molar-refractivity contribution >= 4 is 71.3 Å². The van der Waals surface area contributed by atoms with Gasteiger partial charge in [-0.05, 0) is 115 Å². The van der Waals surface area contributed by atoms with Crippen LogP contribution >= 0.6 is 0 Å². The Morgan fingerprint density at radius 3 is 1.68 bits per heavy atom. The average molecular weight is 714 g/mol. The lowest BCUT2D eigenvalue weighted by Crippen LogP contribution is -2.11. The van der Waals surface area contributed by atoms with Gasteiger partial charge in [0.15, 0.2) is 0 Å². The van der Waals surface area contributed by atoms with Gasteiger partial charge in [-0.2, -0.15) is 0 Å². The van der Waals surface area contributed by atoms with Crippen LogP contribution in [0.3, 0.4) is 0 Å². The number of fused-ring (bicyclic) bond motifs is 7. The number of benzene rings is 10. The predicted octanol–water partition coefficient (Wildman–Crippen LogP) is 15.5. The number of furan rings is 1. The molecule has 10 aromatic carbocycles. The highest BCUT2D eigenvalue weighted by atomic mass is 16.3. The van der Waals surface area contributed by atoms with E-state index in [0.717, 1.165) is 50.1 Å². The maximum absolute atomic E-state index is 6.26. The molecule has 1 aromatic heterocycles. The van der Waals surface area contributed by atoms with Gasteiger partial charge in [0, 0.05) is 27.7 Å². The van der Waals surface area contributed by atoms with Gasteiger partial charge < -0.3 is 9.32 Å². The molecule has 0 saturated carbocycles. The number of rotatable bonds is 6. The van der Waals surface area contributed by atoms with Gasteiger partial charge >= 0.3 is 0 Å². The minimum Gasteiger partial charge on any atom is -0.456 e. The molecule has 11 rings (SSSR count). The highest BCUT2D eigenvalue weighted by Crippen LogP contribution is 2.45. The molecule has 0 aliphatic rings. The van der Waals surface area contributed by atoms with E-state index in [-0.39, 0.29) is 0 Å². The summed E-state index contributed by atoms with van der Waals surface area (Å²) in [5, 5.41) is 9.75. The second-order valence-electron chi connectivity index (χ2n) is 14.5. The smallest absolute Gasteiger partial charge is 0.136 e. The molecule has 262 valence electrons. The maximum atomic E-state index is 6.26. The minimum atomic E-state index is 0.900. The Labute approximate surface area is 325 Å². The topological polar surface area (TPSA) is 16.4 Å². The first kappa shape index (κ1) is 32.0. The van der Waals surface area contributed by atoms with Crippen LogP contribution in [0.2, 0.25) is 0 Å². The SMILES string of the molecule is c1ccc(N(c2ccc(-c3ccc4ccccc4c3)cc2)c2ccc(-c3cccc4oc5ccccc5c34)cc2)c(-c2cc3ccccc3c3ccccc23)c1. The molecule has 0 radical (unpaired) electrons. The van der Waals surface area contributed by atoms with E-state index < -0.39 is 0 Å². The van der Waals surface area contributed by atoms with E-state index in [1.54, 1.807) is 0 Å². The van der Waals surface area contributed by atoms with Crippen molar-refractivity contribution in [3.63, 3.8) is 0 Å². The van der Waals surface area contributed by atoms with Crippen molar-refractivity contribution < 1.29 is 4.42 Å². The van der Waals surface area contributed by atoms with E-state index in [0.29, 0.717) is 0 Å². The standard InChI is InChI=1S/C54H35NO/c1-2-13-39-34-40(25-24-36(39)12-1)37-26-30-42(31-27-37)55(43-32-28-38(29-33-43)45-20-11-23-53-54(45)49-19-8-10-22-52(49)56-53)51-21-9-7-18-48(51)50-35-41-14-3-4-15-44(41)46-16-5-6-17-47(46)50/h1-35H. The molecule has 0 fully saturated rings. The monoisotopic (exact) mass is 713 g/mol. The molecular formula is C54H35NO. The van der Waals surface area contributed by atoms with E-state index in [1.807, 2.05) is 12.1 Å². The van der Waals surface area contributed by atoms with Gasteiger partial charge in [-0.1, -0.05) is 158 Å². The first-order valence-electron chi connectivity index (χ1n) is 19.2. The van der Waals surface area contributed by atoms with Gasteiger partial charge in [0.1, 0.15) is 11.2 Å². The van der Waals surface area contributed by atoms with Crippen molar-refractivity contribution in [3.8, 4) is 33.4 Å². The number of hydrogen-bond donors (Lipinski definition) is 0. The van der Waals surface area contributed by atoms with Crippen LogP contribution in [0.4, 0.5) is 17.1 Å². The lowest BCUT2D eigenvalue weighted by atomic mass is 9.92. The summed E-state index contributed by atoms with van der Waals surface area (Å²) < 4.78 is 6.26. The second-order valence-corrected chi connectivity index (χ2v) is 14.5. The third-order valence-corrected chi connectivity index (χ3v) is 11.3. The fourth-order valence-corrected chi connectivity index (χ4v) is 8.58. The van der Waals surface area contributed by atoms with Gasteiger partial charge in [-0.25, -0.2) is 0 Å². The van der Waals surface area contributed by atoms with E-state index in [4.69, 9.17) is 4.42 Å². The molecular weight excluding hydrogens is 679 g/mol. The molecule has 0 aliphatic carbocycles. The Hall–Kier alpha value is -7.42. The van der Waals surface area contributed by atoms with Crippen LogP contribution < -0.4 is 4.90 Å². The lowest BCUT2D eigenvalue weighted by Gasteiger charge is -2.28. The molecule has 0 bridgehead atoms. The summed E-state index contributed by atoms with van der Waals surface area (Å²) in [7, 11) is 0. The van der Waals surface area contributed by atoms with Crippen LogP contribution in [-0.2, 0) is 0 Å². The van der Waals surface area contributed by atoms with Gasteiger partial charge in [0.2, 0.25) is 0 Å². The molecule has 2 nitrogen and oxygen atoms in total. The van der Waals surface area contributed by atoms with Crippen LogP contribution in [0.15, 0.2) is 217 Å². The first-order valence-corrected chi connectivity index (χ1v) is 19.2. The lowest BCUT2D eigenvalue weighted by molar-refractivity contribution is 0.669. The van der Waals surface area contributed by atoms with Gasteiger partial charge in [-0.3, -0.25) is 0 Å². The summed E-state index contributed by atoms with van der Waals surface area (Å²) in [6.45, 7) is 0. The zero-order chi connectivity index (χ0) is 37.0. The Kier molecular flexibility index (Phi) is 7.53. The molecule has 0 unspecified atom stereocenters. The largest absolute Gasteiger partial charge is 0.456 e. The Bertz CT molecular complexity index is 3250. The normalized spacial score (nSPS) is 11.6. The summed E-state index contributed by atoms with van der Waals surface area (Å²) in [5.41, 5.74) is 12.2. The van der Waals surface area contributed by atoms with Gasteiger partial charge in [-0.15, -0.1) is 0 Å². The van der Waals surface area contributed by atoms with Crippen molar-refractivity contribution in [3.05, 3.63) is 212 Å². The molecule has 1 heterocycles. The Morgan fingerprint density at radius 1 is 0.304 bits per heavy atom. The van der Waals surface area contributed by atoms with Crippen LogP contribution in [0.5, 0.6) is 0 Å². The highest BCUT2D eigenvalue weighted by Gasteiger charge is 2.20. The molecule has 0 spiro atoms. The molecule has 0 N–H and O–H groups in total.